The van der Waals surface area contributed by atoms with Crippen LogP contribution in [0.1, 0.15) is 25.3 Å². The van der Waals surface area contributed by atoms with Gasteiger partial charge >= 0.3 is 0 Å². The Labute approximate surface area is 134 Å². The summed E-state index contributed by atoms with van der Waals surface area (Å²) in [6.45, 7) is 4.07. The van der Waals surface area contributed by atoms with Crippen molar-refractivity contribution >= 4 is 23.2 Å². The number of anilines is 1. The van der Waals surface area contributed by atoms with Crippen molar-refractivity contribution in [1.29, 1.82) is 0 Å². The monoisotopic (exact) mass is 321 g/mol. The molecule has 0 fully saturated rings. The molecule has 0 spiro atoms. The Morgan fingerprint density at radius 1 is 1.23 bits per heavy atom. The molecule has 22 heavy (non-hydrogen) atoms. The first-order chi connectivity index (χ1) is 10.5. The number of ether oxygens (including phenoxy) is 1. The van der Waals surface area contributed by atoms with E-state index in [9.17, 15) is 9.18 Å². The van der Waals surface area contributed by atoms with Crippen LogP contribution < -0.4 is 10.1 Å². The fourth-order valence-electron chi connectivity index (χ4n) is 1.87. The Morgan fingerprint density at radius 3 is 2.50 bits per heavy atom. The molecule has 0 radical (unpaired) electrons. The second-order valence-electron chi connectivity index (χ2n) is 5.18. The predicted octanol–water partition coefficient (Wildman–Crippen LogP) is 4.62. The molecule has 0 aromatic heterocycles. The molecule has 116 valence electrons. The van der Waals surface area contributed by atoms with Gasteiger partial charge in [-0.1, -0.05) is 37.6 Å². The van der Waals surface area contributed by atoms with E-state index in [1.165, 1.54) is 17.7 Å². The van der Waals surface area contributed by atoms with Crippen LogP contribution >= 0.6 is 11.6 Å². The largest absolute Gasteiger partial charge is 0.484 e. The summed E-state index contributed by atoms with van der Waals surface area (Å²) < 4.78 is 18.3. The second kappa shape index (κ2) is 7.27. The molecule has 0 aliphatic carbocycles. The number of nitrogens with one attached hydrogen (secondary N) is 1. The van der Waals surface area contributed by atoms with Crippen molar-refractivity contribution in [3.05, 3.63) is 58.9 Å². The summed E-state index contributed by atoms with van der Waals surface area (Å²) in [5, 5.41) is 2.72. The number of carbonyl (C=O) groups excluding carboxylic acids is 1. The Morgan fingerprint density at radius 2 is 1.91 bits per heavy atom. The van der Waals surface area contributed by atoms with Gasteiger partial charge in [0.25, 0.3) is 5.91 Å². The van der Waals surface area contributed by atoms with Crippen LogP contribution in [-0.4, -0.2) is 12.5 Å². The van der Waals surface area contributed by atoms with E-state index in [0.717, 1.165) is 6.07 Å². The molecule has 5 heteroatoms. The molecule has 2 rings (SSSR count). The van der Waals surface area contributed by atoms with Gasteiger partial charge in [-0.3, -0.25) is 4.79 Å². The van der Waals surface area contributed by atoms with Crippen molar-refractivity contribution in [2.75, 3.05) is 11.9 Å². The van der Waals surface area contributed by atoms with Crippen molar-refractivity contribution in [3.8, 4) is 5.75 Å². The average molecular weight is 322 g/mol. The third-order valence-corrected chi connectivity index (χ3v) is 3.43. The van der Waals surface area contributed by atoms with Crippen LogP contribution in [0.2, 0.25) is 5.02 Å². The summed E-state index contributed by atoms with van der Waals surface area (Å²) in [4.78, 5) is 11.8. The third-order valence-electron chi connectivity index (χ3n) is 3.12. The van der Waals surface area contributed by atoms with Gasteiger partial charge in [-0.15, -0.1) is 0 Å². The summed E-state index contributed by atoms with van der Waals surface area (Å²) in [7, 11) is 0. The highest BCUT2D eigenvalue weighted by atomic mass is 35.5. The molecule has 0 atom stereocenters. The predicted molar refractivity (Wildman–Crippen MR) is 86.1 cm³/mol. The van der Waals surface area contributed by atoms with E-state index in [-0.39, 0.29) is 17.5 Å². The highest BCUT2D eigenvalue weighted by Gasteiger charge is 2.08. The Hall–Kier alpha value is -2.07. The van der Waals surface area contributed by atoms with Crippen LogP contribution in [0.3, 0.4) is 0 Å². The zero-order chi connectivity index (χ0) is 16.1. The summed E-state index contributed by atoms with van der Waals surface area (Å²) in [6.07, 6.45) is 0. The normalized spacial score (nSPS) is 10.6. The van der Waals surface area contributed by atoms with Crippen LogP contribution in [-0.2, 0) is 4.79 Å². The minimum absolute atomic E-state index is 0.144. The third kappa shape index (κ3) is 4.46. The number of hydrogen-bond acceptors (Lipinski definition) is 2. The van der Waals surface area contributed by atoms with Crippen molar-refractivity contribution in [2.45, 2.75) is 19.8 Å². The second-order valence-corrected chi connectivity index (χ2v) is 5.59. The van der Waals surface area contributed by atoms with Gasteiger partial charge in [0.05, 0.1) is 10.7 Å². The van der Waals surface area contributed by atoms with Gasteiger partial charge in [0, 0.05) is 0 Å². The van der Waals surface area contributed by atoms with Crippen LogP contribution in [0.5, 0.6) is 5.75 Å². The Bertz CT molecular complexity index is 656. The minimum Gasteiger partial charge on any atom is -0.484 e. The van der Waals surface area contributed by atoms with Crippen molar-refractivity contribution < 1.29 is 13.9 Å². The quantitative estimate of drug-likeness (QED) is 0.872. The molecule has 0 saturated heterocycles. The van der Waals surface area contributed by atoms with Crippen LogP contribution in [0.15, 0.2) is 42.5 Å². The lowest BCUT2D eigenvalue weighted by atomic mass is 10.0. The molecule has 2 aromatic carbocycles. The molecule has 3 nitrogen and oxygen atoms in total. The standard InChI is InChI=1S/C17H17ClFNO2/c1-11(2)12-3-6-14(7-4-12)22-10-17(21)20-16-8-5-13(19)9-15(16)18/h3-9,11H,10H2,1-2H3,(H,20,21). The van der Waals surface area contributed by atoms with E-state index in [1.54, 1.807) is 0 Å². The SMILES string of the molecule is CC(C)c1ccc(OCC(=O)Nc2ccc(F)cc2Cl)cc1. The van der Waals surface area contributed by atoms with Gasteiger partial charge in [0.15, 0.2) is 6.61 Å². The van der Waals surface area contributed by atoms with E-state index in [4.69, 9.17) is 16.3 Å². The van der Waals surface area contributed by atoms with E-state index in [1.807, 2.05) is 24.3 Å². The minimum atomic E-state index is -0.454. The van der Waals surface area contributed by atoms with Gasteiger partial charge in [0.2, 0.25) is 0 Å². The highest BCUT2D eigenvalue weighted by Crippen LogP contribution is 2.22. The van der Waals surface area contributed by atoms with Gasteiger partial charge in [-0.25, -0.2) is 4.39 Å². The van der Waals surface area contributed by atoms with Gasteiger partial charge in [-0.05, 0) is 41.8 Å². The molecule has 0 aliphatic heterocycles. The molecule has 0 aliphatic rings. The smallest absolute Gasteiger partial charge is 0.262 e. The van der Waals surface area contributed by atoms with Crippen molar-refractivity contribution in [2.24, 2.45) is 0 Å². The summed E-state index contributed by atoms with van der Waals surface area (Å²) >= 11 is 5.84. The molecule has 1 N–H and O–H groups in total. The Balaban J connectivity index is 1.89. The molecular formula is C17H17ClFNO2. The molecule has 1 amide bonds. The van der Waals surface area contributed by atoms with Gasteiger partial charge in [-0.2, -0.15) is 0 Å². The van der Waals surface area contributed by atoms with E-state index in [2.05, 4.69) is 19.2 Å². The van der Waals surface area contributed by atoms with Crippen molar-refractivity contribution in [1.82, 2.24) is 0 Å². The number of benzene rings is 2. The zero-order valence-corrected chi connectivity index (χ0v) is 13.2. The van der Waals surface area contributed by atoms with Crippen LogP contribution in [0, 0.1) is 5.82 Å². The maximum atomic E-state index is 12.9. The maximum absolute atomic E-state index is 12.9. The topological polar surface area (TPSA) is 38.3 Å². The Kier molecular flexibility index (Phi) is 5.39. The highest BCUT2D eigenvalue weighted by molar-refractivity contribution is 6.33. The molecule has 0 saturated carbocycles. The molecule has 0 bridgehead atoms. The lowest BCUT2D eigenvalue weighted by molar-refractivity contribution is -0.118. The summed E-state index contributed by atoms with van der Waals surface area (Å²) in [5.74, 6) is 0.244. The summed E-state index contributed by atoms with van der Waals surface area (Å²) in [5.41, 5.74) is 1.56. The molecule has 2 aromatic rings. The number of amides is 1. The van der Waals surface area contributed by atoms with Crippen LogP contribution in [0.4, 0.5) is 10.1 Å². The van der Waals surface area contributed by atoms with Crippen LogP contribution in [0.25, 0.3) is 0 Å². The lowest BCUT2D eigenvalue weighted by Gasteiger charge is -2.10. The number of carbonyl (C=O) groups is 1. The maximum Gasteiger partial charge on any atom is 0.262 e. The first-order valence-corrected chi connectivity index (χ1v) is 7.31. The number of halogens is 2. The number of hydrogen-bond donors (Lipinski definition) is 1. The van der Waals surface area contributed by atoms with E-state index in [0.29, 0.717) is 17.4 Å². The first-order valence-electron chi connectivity index (χ1n) is 6.93. The summed E-state index contributed by atoms with van der Waals surface area (Å²) in [6, 6.07) is 11.4. The fraction of sp³-hybridized carbons (Fsp3) is 0.235. The van der Waals surface area contributed by atoms with E-state index < -0.39 is 5.82 Å². The van der Waals surface area contributed by atoms with E-state index >= 15 is 0 Å². The van der Waals surface area contributed by atoms with Gasteiger partial charge < -0.3 is 10.1 Å². The molecular weight excluding hydrogens is 305 g/mol. The molecule has 0 heterocycles. The average Bonchev–Trinajstić information content (AvgIpc) is 2.48. The zero-order valence-electron chi connectivity index (χ0n) is 12.4. The van der Waals surface area contributed by atoms with Crippen molar-refractivity contribution in [3.63, 3.8) is 0 Å². The fourth-order valence-corrected chi connectivity index (χ4v) is 2.09. The lowest BCUT2D eigenvalue weighted by Crippen LogP contribution is -2.20. The molecule has 0 unspecified atom stereocenters. The first kappa shape index (κ1) is 16.3. The van der Waals surface area contributed by atoms with Gasteiger partial charge in [0.1, 0.15) is 11.6 Å². The number of rotatable bonds is 5.